The Balaban J connectivity index is 1.65. The first-order chi connectivity index (χ1) is 14.0. The number of carbonyl (C=O) groups excluding carboxylic acids is 1. The third-order valence-electron chi connectivity index (χ3n) is 4.03. The number of aliphatic hydroxyl groups excluding tert-OH is 1. The summed E-state index contributed by atoms with van der Waals surface area (Å²) in [4.78, 5) is 16.7. The van der Waals surface area contributed by atoms with Gasteiger partial charge in [0.15, 0.2) is 0 Å². The van der Waals surface area contributed by atoms with Crippen LogP contribution in [0, 0.1) is 0 Å². The van der Waals surface area contributed by atoms with E-state index in [2.05, 4.69) is 15.4 Å². The molecular weight excluding hydrogens is 415 g/mol. The number of carbonyl (C=O) groups is 1. The number of hydrogen-bond acceptors (Lipinski definition) is 5. The number of nitrogens with one attached hydrogen (secondary N) is 1. The van der Waals surface area contributed by atoms with Crippen LogP contribution >= 0.6 is 23.2 Å². The van der Waals surface area contributed by atoms with Gasteiger partial charge in [0.1, 0.15) is 30.0 Å². The highest BCUT2D eigenvalue weighted by molar-refractivity contribution is 6.37. The molecule has 0 radical (unpaired) electrons. The number of para-hydroxylation sites is 2. The second-order valence-corrected chi connectivity index (χ2v) is 6.99. The lowest BCUT2D eigenvalue weighted by molar-refractivity contribution is 0.0835. The minimum absolute atomic E-state index is 0.00544. The molecule has 1 amide bonds. The van der Waals surface area contributed by atoms with E-state index < -0.39 is 12.0 Å². The number of nitrogens with zero attached hydrogens (tertiary/aromatic N) is 3. The van der Waals surface area contributed by atoms with E-state index in [-0.39, 0.29) is 19.0 Å². The molecule has 0 spiro atoms. The third kappa shape index (κ3) is 5.26. The van der Waals surface area contributed by atoms with Crippen LogP contribution < -0.4 is 10.1 Å². The predicted octanol–water partition coefficient (Wildman–Crippen LogP) is 3.31. The van der Waals surface area contributed by atoms with Gasteiger partial charge in [0, 0.05) is 13.0 Å². The molecule has 0 saturated carbocycles. The van der Waals surface area contributed by atoms with E-state index in [0.29, 0.717) is 33.7 Å². The topological polar surface area (TPSA) is 89.3 Å². The number of hydrogen-bond donors (Lipinski definition) is 2. The Morgan fingerprint density at radius 2 is 1.86 bits per heavy atom. The maximum atomic E-state index is 12.4. The van der Waals surface area contributed by atoms with Crippen molar-refractivity contribution >= 4 is 29.1 Å². The van der Waals surface area contributed by atoms with E-state index in [1.807, 2.05) is 25.1 Å². The molecule has 7 nitrogen and oxygen atoms in total. The number of amides is 1. The van der Waals surface area contributed by atoms with E-state index in [1.54, 1.807) is 30.3 Å². The SMILES string of the molecule is CCc1nc(C(=O)NCC(O)COc2ccccc2)nn1-c1c(Cl)cccc1Cl. The van der Waals surface area contributed by atoms with Crippen molar-refractivity contribution < 1.29 is 14.6 Å². The lowest BCUT2D eigenvalue weighted by Gasteiger charge is -2.12. The Hall–Kier alpha value is -2.61. The van der Waals surface area contributed by atoms with E-state index in [0.717, 1.165) is 0 Å². The maximum absolute atomic E-state index is 12.4. The molecule has 0 aliphatic rings. The van der Waals surface area contributed by atoms with E-state index >= 15 is 0 Å². The van der Waals surface area contributed by atoms with E-state index in [1.165, 1.54) is 4.68 Å². The molecule has 1 heterocycles. The van der Waals surface area contributed by atoms with Crippen LogP contribution in [0.5, 0.6) is 5.75 Å². The highest BCUT2D eigenvalue weighted by Crippen LogP contribution is 2.28. The second kappa shape index (κ2) is 9.73. The Kier molecular flexibility index (Phi) is 7.09. The van der Waals surface area contributed by atoms with Gasteiger partial charge in [-0.25, -0.2) is 9.67 Å². The Morgan fingerprint density at radius 3 is 2.52 bits per heavy atom. The minimum Gasteiger partial charge on any atom is -0.491 e. The summed E-state index contributed by atoms with van der Waals surface area (Å²) in [5.74, 6) is 0.634. The Labute approximate surface area is 178 Å². The van der Waals surface area contributed by atoms with Crippen LogP contribution in [0.25, 0.3) is 5.69 Å². The summed E-state index contributed by atoms with van der Waals surface area (Å²) in [5, 5.41) is 17.7. The second-order valence-electron chi connectivity index (χ2n) is 6.18. The average molecular weight is 435 g/mol. The number of aliphatic hydroxyl groups is 1. The molecule has 2 aromatic carbocycles. The number of aromatic nitrogens is 3. The Morgan fingerprint density at radius 1 is 1.17 bits per heavy atom. The summed E-state index contributed by atoms with van der Waals surface area (Å²) in [7, 11) is 0. The van der Waals surface area contributed by atoms with Crippen LogP contribution in [-0.4, -0.2) is 45.0 Å². The summed E-state index contributed by atoms with van der Waals surface area (Å²) in [6.07, 6.45) is -0.361. The molecule has 0 aliphatic heterocycles. The number of benzene rings is 2. The summed E-state index contributed by atoms with van der Waals surface area (Å²) in [6.45, 7) is 1.92. The van der Waals surface area contributed by atoms with Gasteiger partial charge in [-0.15, -0.1) is 5.10 Å². The molecule has 3 rings (SSSR count). The lowest BCUT2D eigenvalue weighted by atomic mass is 10.3. The van der Waals surface area contributed by atoms with Crippen molar-refractivity contribution in [3.8, 4) is 11.4 Å². The Bertz CT molecular complexity index is 959. The smallest absolute Gasteiger partial charge is 0.291 e. The fourth-order valence-electron chi connectivity index (χ4n) is 2.60. The fourth-order valence-corrected chi connectivity index (χ4v) is 3.16. The van der Waals surface area contributed by atoms with Crippen molar-refractivity contribution in [3.05, 3.63) is 70.2 Å². The number of ether oxygens (including phenoxy) is 1. The molecule has 1 aromatic heterocycles. The van der Waals surface area contributed by atoms with Gasteiger partial charge in [0.05, 0.1) is 10.0 Å². The first-order valence-corrected chi connectivity index (χ1v) is 9.79. The van der Waals surface area contributed by atoms with Gasteiger partial charge in [-0.05, 0) is 24.3 Å². The van der Waals surface area contributed by atoms with Crippen LogP contribution in [0.4, 0.5) is 0 Å². The average Bonchev–Trinajstić information content (AvgIpc) is 3.15. The van der Waals surface area contributed by atoms with Crippen molar-refractivity contribution in [1.82, 2.24) is 20.1 Å². The molecule has 9 heteroatoms. The largest absolute Gasteiger partial charge is 0.491 e. The molecule has 2 N–H and O–H groups in total. The van der Waals surface area contributed by atoms with Crippen LogP contribution in [-0.2, 0) is 6.42 Å². The third-order valence-corrected chi connectivity index (χ3v) is 4.64. The molecule has 0 aliphatic carbocycles. The van der Waals surface area contributed by atoms with Gasteiger partial charge in [0.2, 0.25) is 5.82 Å². The van der Waals surface area contributed by atoms with Crippen molar-refractivity contribution in [3.63, 3.8) is 0 Å². The van der Waals surface area contributed by atoms with Crippen LogP contribution in [0.3, 0.4) is 0 Å². The first-order valence-electron chi connectivity index (χ1n) is 9.04. The number of aryl methyl sites for hydroxylation is 1. The normalized spacial score (nSPS) is 11.9. The monoisotopic (exact) mass is 434 g/mol. The fraction of sp³-hybridized carbons (Fsp3) is 0.250. The van der Waals surface area contributed by atoms with E-state index in [9.17, 15) is 9.90 Å². The summed E-state index contributed by atoms with van der Waals surface area (Å²) in [5.41, 5.74) is 0.468. The molecular formula is C20H20Cl2N4O3. The molecule has 1 atom stereocenters. The van der Waals surface area contributed by atoms with Gasteiger partial charge < -0.3 is 15.2 Å². The van der Waals surface area contributed by atoms with Gasteiger partial charge >= 0.3 is 0 Å². The van der Waals surface area contributed by atoms with Gasteiger partial charge in [-0.1, -0.05) is 54.4 Å². The van der Waals surface area contributed by atoms with Crippen LogP contribution in [0.2, 0.25) is 10.0 Å². The van der Waals surface area contributed by atoms with Gasteiger partial charge in [0.25, 0.3) is 5.91 Å². The molecule has 1 unspecified atom stereocenters. The summed E-state index contributed by atoms with van der Waals surface area (Å²) >= 11 is 12.5. The van der Waals surface area contributed by atoms with Crippen LogP contribution in [0.1, 0.15) is 23.4 Å². The minimum atomic E-state index is -0.884. The highest BCUT2D eigenvalue weighted by Gasteiger charge is 2.20. The van der Waals surface area contributed by atoms with Crippen molar-refractivity contribution in [2.75, 3.05) is 13.2 Å². The quantitative estimate of drug-likeness (QED) is 0.567. The molecule has 0 fully saturated rings. The van der Waals surface area contributed by atoms with Crippen LogP contribution in [0.15, 0.2) is 48.5 Å². The molecule has 3 aromatic rings. The van der Waals surface area contributed by atoms with Crippen molar-refractivity contribution in [1.29, 1.82) is 0 Å². The highest BCUT2D eigenvalue weighted by atomic mass is 35.5. The predicted molar refractivity (Wildman–Crippen MR) is 111 cm³/mol. The summed E-state index contributed by atoms with van der Waals surface area (Å²) < 4.78 is 6.93. The zero-order chi connectivity index (χ0) is 20.8. The van der Waals surface area contributed by atoms with Gasteiger partial charge in [-0.3, -0.25) is 4.79 Å². The maximum Gasteiger partial charge on any atom is 0.291 e. The molecule has 152 valence electrons. The summed E-state index contributed by atoms with van der Waals surface area (Å²) in [6, 6.07) is 14.2. The first kappa shape index (κ1) is 21.1. The lowest BCUT2D eigenvalue weighted by Crippen LogP contribution is -2.35. The van der Waals surface area contributed by atoms with Crippen molar-refractivity contribution in [2.45, 2.75) is 19.4 Å². The zero-order valence-electron chi connectivity index (χ0n) is 15.7. The zero-order valence-corrected chi connectivity index (χ0v) is 17.2. The number of halogens is 2. The molecule has 0 bridgehead atoms. The van der Waals surface area contributed by atoms with Gasteiger partial charge in [-0.2, -0.15) is 0 Å². The number of rotatable bonds is 8. The van der Waals surface area contributed by atoms with E-state index in [4.69, 9.17) is 27.9 Å². The molecule has 29 heavy (non-hydrogen) atoms. The standard InChI is InChI=1S/C20H20Cl2N4O3/c1-2-17-24-19(25-26(17)18-15(21)9-6-10-16(18)22)20(28)23-11-13(27)12-29-14-7-4-3-5-8-14/h3-10,13,27H,2,11-12H2,1H3,(H,23,28). The molecule has 0 saturated heterocycles. The van der Waals surface area contributed by atoms with Crippen molar-refractivity contribution in [2.24, 2.45) is 0 Å².